The number of carbonyl (C=O) groups is 1. The van der Waals surface area contributed by atoms with Crippen LogP contribution in [-0.4, -0.2) is 33.6 Å². The number of methoxy groups -OCH3 is 1. The highest BCUT2D eigenvalue weighted by Crippen LogP contribution is 2.53. The summed E-state index contributed by atoms with van der Waals surface area (Å²) in [5.74, 6) is 1.22. The van der Waals surface area contributed by atoms with Crippen LogP contribution < -0.4 is 15.8 Å². The van der Waals surface area contributed by atoms with Crippen LogP contribution in [0.3, 0.4) is 0 Å². The van der Waals surface area contributed by atoms with Gasteiger partial charge in [0.25, 0.3) is 0 Å². The summed E-state index contributed by atoms with van der Waals surface area (Å²) < 4.78 is 7.50. The first-order chi connectivity index (χ1) is 15.9. The van der Waals surface area contributed by atoms with Gasteiger partial charge in [-0.1, -0.05) is 24.8 Å². The molecular formula is C26H29N5O2. The second-order valence-corrected chi connectivity index (χ2v) is 9.22. The number of nitrogen functional groups attached to an aromatic ring is 1. The number of carbonyl (C=O) groups excluding carboxylic acids is 1. The van der Waals surface area contributed by atoms with Gasteiger partial charge in [-0.05, 0) is 66.9 Å². The Morgan fingerprint density at radius 3 is 2.70 bits per heavy atom. The van der Waals surface area contributed by atoms with E-state index in [9.17, 15) is 4.79 Å². The Morgan fingerprint density at radius 1 is 1.30 bits per heavy atom. The molecule has 0 unspecified atom stereocenters. The summed E-state index contributed by atoms with van der Waals surface area (Å²) in [4.78, 5) is 20.4. The van der Waals surface area contributed by atoms with Crippen molar-refractivity contribution < 1.29 is 9.53 Å². The number of nitrogens with two attached hydrogens (primary N) is 1. The minimum absolute atomic E-state index is 0.0831. The van der Waals surface area contributed by atoms with Crippen LogP contribution in [0.4, 0.5) is 5.82 Å². The second-order valence-electron chi connectivity index (χ2n) is 9.22. The van der Waals surface area contributed by atoms with Gasteiger partial charge in [-0.25, -0.2) is 9.97 Å². The summed E-state index contributed by atoms with van der Waals surface area (Å²) >= 11 is 0. The molecule has 1 saturated carbocycles. The number of aryl methyl sites for hydroxylation is 1. The third kappa shape index (κ3) is 3.57. The zero-order valence-electron chi connectivity index (χ0n) is 19.1. The fourth-order valence-corrected chi connectivity index (χ4v) is 5.57. The van der Waals surface area contributed by atoms with E-state index in [0.717, 1.165) is 65.7 Å². The highest BCUT2D eigenvalue weighted by Gasteiger charge is 2.45. The van der Waals surface area contributed by atoms with E-state index in [2.05, 4.69) is 44.6 Å². The monoisotopic (exact) mass is 443 g/mol. The lowest BCUT2D eigenvalue weighted by Crippen LogP contribution is -2.50. The molecule has 1 aromatic carbocycles. The van der Waals surface area contributed by atoms with Crippen molar-refractivity contribution in [3.05, 3.63) is 55.0 Å². The number of aromatic nitrogens is 3. The van der Waals surface area contributed by atoms with Gasteiger partial charge in [-0.15, -0.1) is 0 Å². The Kier molecular flexibility index (Phi) is 5.19. The number of nitrogens with zero attached hydrogens (tertiary/aromatic N) is 3. The van der Waals surface area contributed by atoms with Crippen LogP contribution in [-0.2, 0) is 11.8 Å². The van der Waals surface area contributed by atoms with Gasteiger partial charge in [0.15, 0.2) is 0 Å². The minimum atomic E-state index is -0.0831. The molecule has 7 heteroatoms. The van der Waals surface area contributed by atoms with E-state index in [4.69, 9.17) is 10.5 Å². The molecule has 0 saturated heterocycles. The topological polar surface area (TPSA) is 95.1 Å². The molecule has 5 rings (SSSR count). The lowest BCUT2D eigenvalue weighted by atomic mass is 9.59. The van der Waals surface area contributed by atoms with E-state index in [1.165, 1.54) is 18.0 Å². The van der Waals surface area contributed by atoms with Crippen LogP contribution >= 0.6 is 0 Å². The number of fused-ring (bicyclic) bond motifs is 1. The van der Waals surface area contributed by atoms with E-state index in [0.29, 0.717) is 5.82 Å². The number of rotatable bonds is 5. The van der Waals surface area contributed by atoms with Gasteiger partial charge in [-0.2, -0.15) is 0 Å². The summed E-state index contributed by atoms with van der Waals surface area (Å²) in [5.41, 5.74) is 12.1. The van der Waals surface area contributed by atoms with Crippen molar-refractivity contribution in [2.75, 3.05) is 12.8 Å². The zero-order valence-corrected chi connectivity index (χ0v) is 19.1. The Hall–Kier alpha value is -3.61. The molecule has 7 nitrogen and oxygen atoms in total. The predicted molar refractivity (Wildman–Crippen MR) is 131 cm³/mol. The van der Waals surface area contributed by atoms with Crippen molar-refractivity contribution in [3.63, 3.8) is 0 Å². The number of allylic oxidation sites excluding steroid dienone is 2. The summed E-state index contributed by atoms with van der Waals surface area (Å²) in [6.07, 6.45) is 10.4. The Morgan fingerprint density at radius 2 is 2.06 bits per heavy atom. The lowest BCUT2D eigenvalue weighted by molar-refractivity contribution is -0.118. The SMILES string of the molecule is C=CC(=O)NC1CC2(CC=C(c3c(-c4ccc(OC)cc4)c4c(N)ncnc4n3C)CC2)C1. The molecule has 2 heterocycles. The highest BCUT2D eigenvalue weighted by molar-refractivity contribution is 6.06. The molecule has 0 radical (unpaired) electrons. The molecule has 2 aliphatic rings. The van der Waals surface area contributed by atoms with Gasteiger partial charge >= 0.3 is 0 Å². The standard InChI is InChI=1S/C26H29N5O2/c1-4-20(32)30-18-13-26(14-18)11-9-17(10-12-26)23-21(16-5-7-19(33-3)8-6-16)22-24(27)28-15-29-25(22)31(23)2/h4-9,15,18H,1,10-14H2,2-3H3,(H,30,32)(H2,27,28,29). The first-order valence-electron chi connectivity index (χ1n) is 11.3. The maximum absolute atomic E-state index is 11.6. The van der Waals surface area contributed by atoms with E-state index in [1.807, 2.05) is 19.2 Å². The van der Waals surface area contributed by atoms with Crippen molar-refractivity contribution in [2.45, 2.75) is 38.1 Å². The Labute approximate surface area is 193 Å². The van der Waals surface area contributed by atoms with Crippen molar-refractivity contribution in [3.8, 4) is 16.9 Å². The van der Waals surface area contributed by atoms with E-state index in [-0.39, 0.29) is 17.4 Å². The summed E-state index contributed by atoms with van der Waals surface area (Å²) in [6, 6.07) is 8.32. The quantitative estimate of drug-likeness (QED) is 0.575. The third-order valence-electron chi connectivity index (χ3n) is 7.28. The third-order valence-corrected chi connectivity index (χ3v) is 7.28. The summed E-state index contributed by atoms with van der Waals surface area (Å²) in [5, 5.41) is 3.92. The Balaban J connectivity index is 1.52. The van der Waals surface area contributed by atoms with Gasteiger partial charge in [0, 0.05) is 18.7 Å². The molecule has 0 aliphatic heterocycles. The normalized spacial score (nSPS) is 22.0. The first-order valence-corrected chi connectivity index (χ1v) is 11.3. The second kappa shape index (κ2) is 8.06. The average Bonchev–Trinajstić information content (AvgIpc) is 3.12. The van der Waals surface area contributed by atoms with Gasteiger partial charge in [0.05, 0.1) is 18.2 Å². The van der Waals surface area contributed by atoms with E-state index < -0.39 is 0 Å². The summed E-state index contributed by atoms with van der Waals surface area (Å²) in [7, 11) is 3.72. The van der Waals surface area contributed by atoms with Crippen molar-refractivity contribution >= 4 is 28.3 Å². The smallest absolute Gasteiger partial charge is 0.243 e. The molecule has 0 bridgehead atoms. The molecule has 1 fully saturated rings. The van der Waals surface area contributed by atoms with Crippen molar-refractivity contribution in [1.82, 2.24) is 19.9 Å². The molecule has 3 N–H and O–H groups in total. The minimum Gasteiger partial charge on any atom is -0.497 e. The maximum atomic E-state index is 11.6. The molecule has 1 amide bonds. The molecule has 1 spiro atoms. The Bertz CT molecular complexity index is 1270. The number of hydrogen-bond donors (Lipinski definition) is 2. The van der Waals surface area contributed by atoms with Crippen LogP contribution in [0.25, 0.3) is 27.7 Å². The largest absolute Gasteiger partial charge is 0.497 e. The van der Waals surface area contributed by atoms with Crippen LogP contribution in [0.2, 0.25) is 0 Å². The van der Waals surface area contributed by atoms with Gasteiger partial charge in [-0.3, -0.25) is 4.79 Å². The molecule has 170 valence electrons. The molecule has 0 atom stereocenters. The number of anilines is 1. The van der Waals surface area contributed by atoms with E-state index in [1.54, 1.807) is 7.11 Å². The zero-order chi connectivity index (χ0) is 23.2. The lowest BCUT2D eigenvalue weighted by Gasteiger charge is -2.49. The molecule has 2 aromatic heterocycles. The fourth-order valence-electron chi connectivity index (χ4n) is 5.57. The number of ether oxygens (including phenoxy) is 1. The predicted octanol–water partition coefficient (Wildman–Crippen LogP) is 4.24. The number of nitrogens with one attached hydrogen (secondary N) is 1. The van der Waals surface area contributed by atoms with Crippen molar-refractivity contribution in [1.29, 1.82) is 0 Å². The number of benzene rings is 1. The van der Waals surface area contributed by atoms with Crippen LogP contribution in [0, 0.1) is 5.41 Å². The molecule has 2 aliphatic carbocycles. The van der Waals surface area contributed by atoms with Crippen LogP contribution in [0.5, 0.6) is 5.75 Å². The number of amides is 1. The molecule has 3 aromatic rings. The number of hydrogen-bond acceptors (Lipinski definition) is 5. The fraction of sp³-hybridized carbons (Fsp3) is 0.346. The maximum Gasteiger partial charge on any atom is 0.243 e. The van der Waals surface area contributed by atoms with E-state index >= 15 is 0 Å². The van der Waals surface area contributed by atoms with Crippen LogP contribution in [0.15, 0.2) is 49.3 Å². The molecule has 33 heavy (non-hydrogen) atoms. The first kappa shape index (κ1) is 21.2. The average molecular weight is 444 g/mol. The van der Waals surface area contributed by atoms with Crippen LogP contribution in [0.1, 0.15) is 37.8 Å². The molecular weight excluding hydrogens is 414 g/mol. The van der Waals surface area contributed by atoms with Crippen molar-refractivity contribution in [2.24, 2.45) is 12.5 Å². The summed E-state index contributed by atoms with van der Waals surface area (Å²) in [6.45, 7) is 3.55. The highest BCUT2D eigenvalue weighted by atomic mass is 16.5. The van der Waals surface area contributed by atoms with Gasteiger partial charge in [0.1, 0.15) is 23.5 Å². The van der Waals surface area contributed by atoms with Gasteiger partial charge < -0.3 is 20.4 Å². The van der Waals surface area contributed by atoms with Gasteiger partial charge in [0.2, 0.25) is 5.91 Å².